The van der Waals surface area contributed by atoms with E-state index in [-0.39, 0.29) is 12.0 Å². The largest absolute Gasteiger partial charge is 0.377 e. The van der Waals surface area contributed by atoms with E-state index in [0.29, 0.717) is 12.2 Å². The lowest BCUT2D eigenvalue weighted by molar-refractivity contribution is -0.124. The maximum atomic E-state index is 12.0. The van der Waals surface area contributed by atoms with Crippen molar-refractivity contribution < 1.29 is 9.53 Å². The van der Waals surface area contributed by atoms with Gasteiger partial charge in [-0.15, -0.1) is 0 Å². The average molecular weight is 238 g/mol. The second-order valence-corrected chi connectivity index (χ2v) is 5.09. The van der Waals surface area contributed by atoms with Crippen LogP contribution in [0.3, 0.4) is 0 Å². The molecule has 1 aromatic rings. The standard InChI is InChI=1S/C13H18O2S/c1-2-13-11(5-7-15-13)12(14)4-3-10-6-8-16-9-10/h6,8-9,11,13H,2-5,7H2,1H3. The van der Waals surface area contributed by atoms with Crippen molar-refractivity contribution in [3.05, 3.63) is 22.4 Å². The molecule has 1 aliphatic heterocycles. The summed E-state index contributed by atoms with van der Waals surface area (Å²) >= 11 is 1.69. The molecular weight excluding hydrogens is 220 g/mol. The van der Waals surface area contributed by atoms with Gasteiger partial charge in [-0.25, -0.2) is 0 Å². The van der Waals surface area contributed by atoms with E-state index < -0.39 is 0 Å². The highest BCUT2D eigenvalue weighted by atomic mass is 32.1. The number of aryl methyl sites for hydroxylation is 1. The number of hydrogen-bond acceptors (Lipinski definition) is 3. The molecule has 2 atom stereocenters. The fourth-order valence-corrected chi connectivity index (χ4v) is 3.01. The predicted octanol–water partition coefficient (Wildman–Crippen LogP) is 3.06. The Kier molecular flexibility index (Phi) is 4.13. The topological polar surface area (TPSA) is 26.3 Å². The van der Waals surface area contributed by atoms with Crippen LogP contribution in [0.4, 0.5) is 0 Å². The molecule has 88 valence electrons. The molecule has 0 aliphatic carbocycles. The molecule has 3 heteroatoms. The Hall–Kier alpha value is -0.670. The van der Waals surface area contributed by atoms with Crippen LogP contribution in [0.15, 0.2) is 16.8 Å². The highest BCUT2D eigenvalue weighted by molar-refractivity contribution is 7.07. The van der Waals surface area contributed by atoms with Crippen LogP contribution < -0.4 is 0 Å². The lowest BCUT2D eigenvalue weighted by Gasteiger charge is -2.15. The summed E-state index contributed by atoms with van der Waals surface area (Å²) in [7, 11) is 0. The normalized spacial score (nSPS) is 24.8. The Morgan fingerprint density at radius 1 is 1.62 bits per heavy atom. The zero-order chi connectivity index (χ0) is 11.4. The number of hydrogen-bond donors (Lipinski definition) is 0. The van der Waals surface area contributed by atoms with Gasteiger partial charge < -0.3 is 4.74 Å². The molecule has 1 aliphatic rings. The highest BCUT2D eigenvalue weighted by Crippen LogP contribution is 2.25. The molecule has 0 N–H and O–H groups in total. The van der Waals surface area contributed by atoms with Crippen molar-refractivity contribution in [2.75, 3.05) is 6.61 Å². The van der Waals surface area contributed by atoms with E-state index in [9.17, 15) is 4.79 Å². The SMILES string of the molecule is CCC1OCCC1C(=O)CCc1ccsc1. The van der Waals surface area contributed by atoms with Crippen molar-refractivity contribution in [1.82, 2.24) is 0 Å². The summed E-state index contributed by atoms with van der Waals surface area (Å²) < 4.78 is 5.55. The molecule has 2 heterocycles. The molecule has 0 saturated carbocycles. The number of rotatable bonds is 5. The maximum Gasteiger partial charge on any atom is 0.138 e. The molecule has 2 unspecified atom stereocenters. The fraction of sp³-hybridized carbons (Fsp3) is 0.615. The van der Waals surface area contributed by atoms with Gasteiger partial charge in [-0.2, -0.15) is 11.3 Å². The summed E-state index contributed by atoms with van der Waals surface area (Å²) in [6.07, 6.45) is 3.60. The predicted molar refractivity (Wildman–Crippen MR) is 65.8 cm³/mol. The average Bonchev–Trinajstić information content (AvgIpc) is 2.96. The number of Topliss-reactive ketones (excluding diaryl/α,β-unsaturated/α-hetero) is 1. The first-order chi connectivity index (χ1) is 7.81. The van der Waals surface area contributed by atoms with E-state index in [1.165, 1.54) is 5.56 Å². The minimum absolute atomic E-state index is 0.156. The molecule has 2 rings (SSSR count). The first-order valence-electron chi connectivity index (χ1n) is 5.96. The Morgan fingerprint density at radius 2 is 2.50 bits per heavy atom. The third kappa shape index (κ3) is 2.71. The highest BCUT2D eigenvalue weighted by Gasteiger charge is 2.31. The number of thiophene rings is 1. The van der Waals surface area contributed by atoms with E-state index in [2.05, 4.69) is 23.8 Å². The van der Waals surface area contributed by atoms with Crippen LogP contribution in [-0.2, 0) is 16.0 Å². The first-order valence-corrected chi connectivity index (χ1v) is 6.91. The van der Waals surface area contributed by atoms with E-state index in [0.717, 1.165) is 25.9 Å². The van der Waals surface area contributed by atoms with Crippen molar-refractivity contribution in [3.63, 3.8) is 0 Å². The minimum atomic E-state index is 0.156. The van der Waals surface area contributed by atoms with E-state index in [1.807, 2.05) is 0 Å². The fourth-order valence-electron chi connectivity index (χ4n) is 2.31. The van der Waals surface area contributed by atoms with Crippen molar-refractivity contribution >= 4 is 17.1 Å². The van der Waals surface area contributed by atoms with Crippen molar-refractivity contribution in [1.29, 1.82) is 0 Å². The molecule has 1 aromatic heterocycles. The summed E-state index contributed by atoms with van der Waals surface area (Å²) in [5.74, 6) is 0.541. The van der Waals surface area contributed by atoms with Gasteiger partial charge in [-0.1, -0.05) is 6.92 Å². The van der Waals surface area contributed by atoms with Crippen molar-refractivity contribution in [2.24, 2.45) is 5.92 Å². The van der Waals surface area contributed by atoms with Gasteiger partial charge in [0.25, 0.3) is 0 Å². The lowest BCUT2D eigenvalue weighted by Crippen LogP contribution is -2.23. The van der Waals surface area contributed by atoms with Crippen LogP contribution in [0.1, 0.15) is 31.7 Å². The molecule has 2 nitrogen and oxygen atoms in total. The molecule has 0 spiro atoms. The number of carbonyl (C=O) groups is 1. The quantitative estimate of drug-likeness (QED) is 0.788. The van der Waals surface area contributed by atoms with Crippen LogP contribution in [0, 0.1) is 5.92 Å². The summed E-state index contributed by atoms with van der Waals surface area (Å²) in [4.78, 5) is 12.0. The summed E-state index contributed by atoms with van der Waals surface area (Å²) in [5.41, 5.74) is 1.28. The van der Waals surface area contributed by atoms with Gasteiger partial charge >= 0.3 is 0 Å². The third-order valence-corrected chi connectivity index (χ3v) is 4.00. The molecule has 1 fully saturated rings. The van der Waals surface area contributed by atoms with Crippen LogP contribution in [0.2, 0.25) is 0 Å². The molecule has 0 aromatic carbocycles. The smallest absolute Gasteiger partial charge is 0.138 e. The van der Waals surface area contributed by atoms with Gasteiger partial charge in [0, 0.05) is 18.9 Å². The van der Waals surface area contributed by atoms with Gasteiger partial charge in [0.1, 0.15) is 5.78 Å². The van der Waals surface area contributed by atoms with Gasteiger partial charge in [0.15, 0.2) is 0 Å². The molecule has 0 bridgehead atoms. The van der Waals surface area contributed by atoms with E-state index >= 15 is 0 Å². The van der Waals surface area contributed by atoms with Crippen molar-refractivity contribution in [2.45, 2.75) is 38.7 Å². The van der Waals surface area contributed by atoms with Crippen LogP contribution in [0.5, 0.6) is 0 Å². The Labute approximate surface area is 101 Å². The van der Waals surface area contributed by atoms with Crippen molar-refractivity contribution in [3.8, 4) is 0 Å². The van der Waals surface area contributed by atoms with Crippen LogP contribution >= 0.6 is 11.3 Å². The maximum absolute atomic E-state index is 12.0. The third-order valence-electron chi connectivity index (χ3n) is 3.27. The lowest BCUT2D eigenvalue weighted by atomic mass is 9.91. The summed E-state index contributed by atoms with van der Waals surface area (Å²) in [5, 5.41) is 4.18. The number of ether oxygens (including phenoxy) is 1. The second kappa shape index (κ2) is 5.60. The van der Waals surface area contributed by atoms with E-state index in [1.54, 1.807) is 11.3 Å². The Balaban J connectivity index is 1.83. The molecule has 0 radical (unpaired) electrons. The summed E-state index contributed by atoms with van der Waals surface area (Å²) in [6.45, 7) is 2.85. The summed E-state index contributed by atoms with van der Waals surface area (Å²) in [6, 6.07) is 2.10. The van der Waals surface area contributed by atoms with Crippen LogP contribution in [0.25, 0.3) is 0 Å². The molecule has 0 amide bonds. The molecule has 16 heavy (non-hydrogen) atoms. The zero-order valence-electron chi connectivity index (χ0n) is 9.65. The number of ketones is 1. The van der Waals surface area contributed by atoms with Gasteiger partial charge in [0.2, 0.25) is 0 Å². The van der Waals surface area contributed by atoms with Gasteiger partial charge in [-0.3, -0.25) is 4.79 Å². The van der Waals surface area contributed by atoms with Gasteiger partial charge in [0.05, 0.1) is 6.10 Å². The van der Waals surface area contributed by atoms with Crippen LogP contribution in [-0.4, -0.2) is 18.5 Å². The Morgan fingerprint density at radius 3 is 3.19 bits per heavy atom. The Bertz CT molecular complexity index is 332. The first kappa shape index (κ1) is 11.8. The number of carbonyl (C=O) groups excluding carboxylic acids is 1. The zero-order valence-corrected chi connectivity index (χ0v) is 10.5. The molecular formula is C13H18O2S. The minimum Gasteiger partial charge on any atom is -0.377 e. The van der Waals surface area contributed by atoms with E-state index in [4.69, 9.17) is 4.74 Å². The van der Waals surface area contributed by atoms with Gasteiger partial charge in [-0.05, 0) is 41.7 Å². The second-order valence-electron chi connectivity index (χ2n) is 4.31. The molecule has 1 saturated heterocycles. The monoisotopic (exact) mass is 238 g/mol.